The Morgan fingerprint density at radius 3 is 2.15 bits per heavy atom. The predicted octanol–water partition coefficient (Wildman–Crippen LogP) is 4.18. The molecule has 7 heteroatoms. The zero-order valence-electron chi connectivity index (χ0n) is 15.6. The largest absolute Gasteiger partial charge is 0.497 e. The third kappa shape index (κ3) is 4.09. The van der Waals surface area contributed by atoms with E-state index in [4.69, 9.17) is 21.7 Å². The molecule has 140 valence electrons. The Bertz CT molecular complexity index is 886. The first-order valence-electron chi connectivity index (χ1n) is 8.21. The van der Waals surface area contributed by atoms with E-state index in [9.17, 15) is 4.79 Å². The molecule has 0 N–H and O–H groups in total. The van der Waals surface area contributed by atoms with Gasteiger partial charge in [-0.15, -0.1) is 0 Å². The van der Waals surface area contributed by atoms with Gasteiger partial charge in [0.15, 0.2) is 4.32 Å². The minimum Gasteiger partial charge on any atom is -0.497 e. The smallest absolute Gasteiger partial charge is 0.270 e. The molecule has 1 fully saturated rings. The fourth-order valence-corrected chi connectivity index (χ4v) is 3.95. The summed E-state index contributed by atoms with van der Waals surface area (Å²) in [6.07, 6.45) is 1.80. The third-order valence-electron chi connectivity index (χ3n) is 4.09. The minimum atomic E-state index is -0.135. The van der Waals surface area contributed by atoms with Crippen LogP contribution in [0.1, 0.15) is 5.56 Å². The van der Waals surface area contributed by atoms with Crippen molar-refractivity contribution in [2.45, 2.75) is 0 Å². The van der Waals surface area contributed by atoms with E-state index in [1.54, 1.807) is 31.3 Å². The van der Waals surface area contributed by atoms with Gasteiger partial charge in [0, 0.05) is 25.8 Å². The molecule has 27 heavy (non-hydrogen) atoms. The number of amides is 1. The number of hydrogen-bond acceptors (Lipinski definition) is 6. The summed E-state index contributed by atoms with van der Waals surface area (Å²) in [6.45, 7) is 0. The quantitative estimate of drug-likeness (QED) is 0.554. The van der Waals surface area contributed by atoms with Crippen molar-refractivity contribution in [3.63, 3.8) is 0 Å². The van der Waals surface area contributed by atoms with Crippen LogP contribution in [-0.2, 0) is 4.79 Å². The molecule has 0 radical (unpaired) electrons. The Labute approximate surface area is 168 Å². The van der Waals surface area contributed by atoms with Crippen LogP contribution in [0, 0.1) is 0 Å². The molecule has 5 nitrogen and oxygen atoms in total. The molecule has 0 aliphatic carbocycles. The maximum Gasteiger partial charge on any atom is 0.270 e. The first kappa shape index (κ1) is 19.3. The van der Waals surface area contributed by atoms with Crippen molar-refractivity contribution in [1.29, 1.82) is 0 Å². The number of carbonyl (C=O) groups is 1. The monoisotopic (exact) mass is 400 g/mol. The summed E-state index contributed by atoms with van der Waals surface area (Å²) in [5.41, 5.74) is 2.63. The van der Waals surface area contributed by atoms with Crippen LogP contribution in [0.3, 0.4) is 0 Å². The Kier molecular flexibility index (Phi) is 5.72. The number of rotatable bonds is 5. The van der Waals surface area contributed by atoms with Crippen molar-refractivity contribution in [2.75, 3.05) is 38.1 Å². The van der Waals surface area contributed by atoms with E-state index >= 15 is 0 Å². The van der Waals surface area contributed by atoms with Gasteiger partial charge in [0.05, 0.1) is 24.8 Å². The van der Waals surface area contributed by atoms with E-state index in [1.165, 1.54) is 11.8 Å². The number of carbonyl (C=O) groups excluding carboxylic acids is 1. The number of ether oxygens (including phenoxy) is 2. The van der Waals surface area contributed by atoms with E-state index < -0.39 is 0 Å². The molecule has 3 rings (SSSR count). The molecule has 0 saturated carbocycles. The fourth-order valence-electron chi connectivity index (χ4n) is 2.65. The van der Waals surface area contributed by atoms with Crippen molar-refractivity contribution in [2.24, 2.45) is 0 Å². The average Bonchev–Trinajstić information content (AvgIpc) is 2.94. The van der Waals surface area contributed by atoms with E-state index in [0.29, 0.717) is 20.7 Å². The molecule has 1 aliphatic rings. The van der Waals surface area contributed by atoms with E-state index in [1.807, 2.05) is 55.4 Å². The summed E-state index contributed by atoms with van der Waals surface area (Å²) in [5, 5.41) is 0. The van der Waals surface area contributed by atoms with Crippen LogP contribution in [-0.4, -0.2) is 38.5 Å². The number of benzene rings is 2. The number of anilines is 2. The maximum atomic E-state index is 12.9. The fraction of sp³-hybridized carbons (Fsp3) is 0.200. The van der Waals surface area contributed by atoms with Crippen molar-refractivity contribution in [3.8, 4) is 11.5 Å². The first-order chi connectivity index (χ1) is 12.9. The van der Waals surface area contributed by atoms with Gasteiger partial charge in [-0.3, -0.25) is 9.69 Å². The number of nitrogens with zero attached hydrogens (tertiary/aromatic N) is 2. The molecule has 1 amide bonds. The third-order valence-corrected chi connectivity index (χ3v) is 5.39. The second-order valence-electron chi connectivity index (χ2n) is 6.07. The van der Waals surface area contributed by atoms with Gasteiger partial charge in [-0.25, -0.2) is 0 Å². The summed E-state index contributed by atoms with van der Waals surface area (Å²) in [5.74, 6) is 1.19. The highest BCUT2D eigenvalue weighted by Crippen LogP contribution is 2.37. The van der Waals surface area contributed by atoms with Crippen molar-refractivity contribution >= 4 is 51.7 Å². The van der Waals surface area contributed by atoms with Crippen LogP contribution < -0.4 is 19.3 Å². The van der Waals surface area contributed by atoms with Gasteiger partial charge in [-0.05, 0) is 48.0 Å². The average molecular weight is 401 g/mol. The van der Waals surface area contributed by atoms with Crippen LogP contribution in [0.4, 0.5) is 11.4 Å². The lowest BCUT2D eigenvalue weighted by Crippen LogP contribution is -2.27. The summed E-state index contributed by atoms with van der Waals surface area (Å²) in [7, 11) is 7.13. The molecule has 2 aromatic carbocycles. The van der Waals surface area contributed by atoms with Crippen LogP contribution >= 0.6 is 24.0 Å². The molecule has 1 heterocycles. The van der Waals surface area contributed by atoms with Crippen LogP contribution in [0.2, 0.25) is 0 Å². The lowest BCUT2D eigenvalue weighted by atomic mass is 10.1. The van der Waals surface area contributed by atoms with Crippen molar-refractivity contribution < 1.29 is 14.3 Å². The topological polar surface area (TPSA) is 42.0 Å². The Morgan fingerprint density at radius 1 is 1.04 bits per heavy atom. The highest BCUT2D eigenvalue weighted by Gasteiger charge is 2.33. The van der Waals surface area contributed by atoms with Crippen LogP contribution in [0.25, 0.3) is 6.08 Å². The van der Waals surface area contributed by atoms with E-state index in [0.717, 1.165) is 16.9 Å². The molecule has 1 saturated heterocycles. The lowest BCUT2D eigenvalue weighted by molar-refractivity contribution is -0.113. The van der Waals surface area contributed by atoms with Gasteiger partial charge in [0.2, 0.25) is 0 Å². The minimum absolute atomic E-state index is 0.135. The molecule has 0 aromatic heterocycles. The van der Waals surface area contributed by atoms with Gasteiger partial charge in [-0.1, -0.05) is 24.0 Å². The Hall–Kier alpha value is -2.51. The molecule has 1 aliphatic heterocycles. The highest BCUT2D eigenvalue weighted by molar-refractivity contribution is 8.27. The van der Waals surface area contributed by atoms with E-state index in [2.05, 4.69) is 0 Å². The first-order valence-corrected chi connectivity index (χ1v) is 9.44. The normalized spacial score (nSPS) is 15.4. The molecule has 0 spiro atoms. The van der Waals surface area contributed by atoms with Gasteiger partial charge in [0.25, 0.3) is 5.91 Å². The van der Waals surface area contributed by atoms with E-state index in [-0.39, 0.29) is 5.91 Å². The van der Waals surface area contributed by atoms with Crippen molar-refractivity contribution in [3.05, 3.63) is 52.9 Å². The molecule has 0 atom stereocenters. The lowest BCUT2D eigenvalue weighted by Gasteiger charge is -2.17. The SMILES string of the molecule is COc1cc(/C=C2/SC(=S)N(c3ccc(N(C)C)cc3)C2=O)cc(OC)c1. The van der Waals surface area contributed by atoms with Crippen LogP contribution in [0.15, 0.2) is 47.4 Å². The summed E-state index contributed by atoms with van der Waals surface area (Å²) < 4.78 is 11.1. The highest BCUT2D eigenvalue weighted by atomic mass is 32.2. The summed E-state index contributed by atoms with van der Waals surface area (Å²) in [6, 6.07) is 13.2. The zero-order valence-corrected chi connectivity index (χ0v) is 17.2. The number of methoxy groups -OCH3 is 2. The van der Waals surface area contributed by atoms with Crippen LogP contribution in [0.5, 0.6) is 11.5 Å². The standard InChI is InChI=1S/C20H20N2O3S2/c1-21(2)14-5-7-15(8-6-14)22-19(23)18(27-20(22)26)11-13-9-16(24-3)12-17(10-13)25-4/h5-12H,1-4H3/b18-11+. The van der Waals surface area contributed by atoms with Gasteiger partial charge < -0.3 is 14.4 Å². The summed E-state index contributed by atoms with van der Waals surface area (Å²) >= 11 is 6.73. The molecule has 0 bridgehead atoms. The van der Waals surface area contributed by atoms with Gasteiger partial charge >= 0.3 is 0 Å². The number of thiocarbonyl (C=S) groups is 1. The maximum absolute atomic E-state index is 12.9. The Morgan fingerprint density at radius 2 is 1.63 bits per heavy atom. The van der Waals surface area contributed by atoms with Gasteiger partial charge in [-0.2, -0.15) is 0 Å². The summed E-state index contributed by atoms with van der Waals surface area (Å²) in [4.78, 5) is 17.0. The van der Waals surface area contributed by atoms with Gasteiger partial charge in [0.1, 0.15) is 11.5 Å². The number of hydrogen-bond donors (Lipinski definition) is 0. The Balaban J connectivity index is 1.90. The second kappa shape index (κ2) is 8.02. The van der Waals surface area contributed by atoms with Crippen molar-refractivity contribution in [1.82, 2.24) is 0 Å². The zero-order chi connectivity index (χ0) is 19.6. The molecular formula is C20H20N2O3S2. The molecule has 2 aromatic rings. The molecule has 0 unspecified atom stereocenters. The molecular weight excluding hydrogens is 380 g/mol. The number of thioether (sulfide) groups is 1. The second-order valence-corrected chi connectivity index (χ2v) is 7.75. The predicted molar refractivity (Wildman–Crippen MR) is 116 cm³/mol.